The Kier molecular flexibility index (Phi) is 3.43. The Morgan fingerprint density at radius 2 is 2.12 bits per heavy atom. The summed E-state index contributed by atoms with van der Waals surface area (Å²) in [6, 6.07) is 0.124. The first-order valence-corrected chi connectivity index (χ1v) is 5.78. The molecule has 2 rings (SSSR count). The molecule has 2 fully saturated rings. The Morgan fingerprint density at radius 3 is 2.75 bits per heavy atom. The van der Waals surface area contributed by atoms with Crippen molar-refractivity contribution in [3.8, 4) is 0 Å². The monoisotopic (exact) mass is 226 g/mol. The Balaban J connectivity index is 1.70. The number of alkyl carbamates (subject to hydrolysis) is 1. The van der Waals surface area contributed by atoms with Gasteiger partial charge < -0.3 is 10.1 Å². The van der Waals surface area contributed by atoms with Crippen LogP contribution in [0, 0.1) is 5.92 Å². The van der Waals surface area contributed by atoms with Crippen LogP contribution >= 0.6 is 0 Å². The van der Waals surface area contributed by atoms with E-state index in [1.807, 2.05) is 0 Å². The van der Waals surface area contributed by atoms with Crippen LogP contribution in [0.4, 0.5) is 4.79 Å². The third kappa shape index (κ3) is 2.95. The van der Waals surface area contributed by atoms with Gasteiger partial charge in [-0.15, -0.1) is 0 Å². The first kappa shape index (κ1) is 11.4. The highest BCUT2D eigenvalue weighted by Gasteiger charge is 2.32. The van der Waals surface area contributed by atoms with Gasteiger partial charge in [0, 0.05) is 25.0 Å². The minimum absolute atomic E-state index is 0.124. The maximum atomic E-state index is 11.6. The summed E-state index contributed by atoms with van der Waals surface area (Å²) in [6.45, 7) is 2.19. The van der Waals surface area contributed by atoms with Crippen LogP contribution in [0.3, 0.4) is 0 Å². The molecule has 0 bridgehead atoms. The Morgan fingerprint density at radius 1 is 1.38 bits per heavy atom. The van der Waals surface area contributed by atoms with Gasteiger partial charge in [0.05, 0.1) is 13.7 Å². The summed E-state index contributed by atoms with van der Waals surface area (Å²) in [7, 11) is 1.36. The van der Waals surface area contributed by atoms with Crippen molar-refractivity contribution in [2.75, 3.05) is 26.7 Å². The van der Waals surface area contributed by atoms with Crippen LogP contribution in [-0.2, 0) is 9.53 Å². The van der Waals surface area contributed by atoms with Gasteiger partial charge in [-0.05, 0) is 19.3 Å². The molecule has 0 aromatic heterocycles. The topological polar surface area (TPSA) is 58.6 Å². The second-order valence-electron chi connectivity index (χ2n) is 4.60. The van der Waals surface area contributed by atoms with Crippen molar-refractivity contribution in [3.63, 3.8) is 0 Å². The molecule has 1 atom stereocenters. The Labute approximate surface area is 95.1 Å². The fourth-order valence-electron chi connectivity index (χ4n) is 2.07. The molecule has 0 spiro atoms. The predicted octanol–water partition coefficient (Wildman–Crippen LogP) is 0.396. The van der Waals surface area contributed by atoms with Crippen molar-refractivity contribution in [2.24, 2.45) is 5.92 Å². The van der Waals surface area contributed by atoms with Crippen molar-refractivity contribution in [2.45, 2.75) is 25.3 Å². The smallest absolute Gasteiger partial charge is 0.407 e. The number of Topliss-reactive ketones (excluding diaryl/α,β-unsaturated/α-hetero) is 1. The van der Waals surface area contributed by atoms with Gasteiger partial charge >= 0.3 is 6.09 Å². The molecule has 0 aromatic rings. The number of rotatable bonds is 4. The molecule has 1 heterocycles. The van der Waals surface area contributed by atoms with Gasteiger partial charge in [0.15, 0.2) is 0 Å². The normalized spacial score (nSPS) is 25.4. The molecule has 16 heavy (non-hydrogen) atoms. The van der Waals surface area contributed by atoms with Gasteiger partial charge in [-0.1, -0.05) is 0 Å². The molecule has 0 radical (unpaired) electrons. The van der Waals surface area contributed by atoms with Gasteiger partial charge in [0.25, 0.3) is 0 Å². The highest BCUT2D eigenvalue weighted by molar-refractivity contribution is 5.85. The van der Waals surface area contributed by atoms with E-state index in [0.29, 0.717) is 18.2 Å². The number of methoxy groups -OCH3 is 1. The van der Waals surface area contributed by atoms with Crippen LogP contribution in [0.15, 0.2) is 0 Å². The molecular weight excluding hydrogens is 208 g/mol. The van der Waals surface area contributed by atoms with Gasteiger partial charge in [-0.25, -0.2) is 4.79 Å². The van der Waals surface area contributed by atoms with Crippen molar-refractivity contribution in [1.29, 1.82) is 0 Å². The molecule has 1 saturated heterocycles. The highest BCUT2D eigenvalue weighted by atomic mass is 16.5. The zero-order valence-electron chi connectivity index (χ0n) is 9.57. The van der Waals surface area contributed by atoms with E-state index in [1.165, 1.54) is 7.11 Å². The Bertz CT molecular complexity index is 289. The van der Waals surface area contributed by atoms with E-state index in [-0.39, 0.29) is 12.1 Å². The lowest BCUT2D eigenvalue weighted by atomic mass is 10.2. The number of amides is 1. The summed E-state index contributed by atoms with van der Waals surface area (Å²) in [4.78, 5) is 24.7. The average Bonchev–Trinajstić information content (AvgIpc) is 3.03. The first-order valence-electron chi connectivity index (χ1n) is 5.78. The lowest BCUT2D eigenvalue weighted by Crippen LogP contribution is -2.38. The molecule has 90 valence electrons. The summed E-state index contributed by atoms with van der Waals surface area (Å²) in [5.41, 5.74) is 0. The fraction of sp³-hybridized carbons (Fsp3) is 0.818. The van der Waals surface area contributed by atoms with Gasteiger partial charge in [-0.3, -0.25) is 9.69 Å². The molecule has 1 aliphatic heterocycles. The number of ether oxygens (including phenoxy) is 1. The third-order valence-corrected chi connectivity index (χ3v) is 3.19. The van der Waals surface area contributed by atoms with Crippen LogP contribution in [0.2, 0.25) is 0 Å². The van der Waals surface area contributed by atoms with E-state index in [9.17, 15) is 9.59 Å². The van der Waals surface area contributed by atoms with Crippen molar-refractivity contribution < 1.29 is 14.3 Å². The zero-order chi connectivity index (χ0) is 11.5. The number of carbonyl (C=O) groups is 2. The van der Waals surface area contributed by atoms with Crippen molar-refractivity contribution in [1.82, 2.24) is 10.2 Å². The molecule has 2 aliphatic rings. The minimum atomic E-state index is -0.389. The zero-order valence-corrected chi connectivity index (χ0v) is 9.57. The number of nitrogens with zero attached hydrogens (tertiary/aromatic N) is 1. The summed E-state index contributed by atoms with van der Waals surface area (Å²) < 4.78 is 4.54. The second-order valence-corrected chi connectivity index (χ2v) is 4.60. The van der Waals surface area contributed by atoms with Crippen LogP contribution in [0.1, 0.15) is 19.3 Å². The van der Waals surface area contributed by atoms with Gasteiger partial charge in [-0.2, -0.15) is 0 Å². The van der Waals surface area contributed by atoms with Crippen molar-refractivity contribution >= 4 is 11.9 Å². The SMILES string of the molecule is COC(=O)NC1CCN(CC(=O)C2CC2)C1. The van der Waals surface area contributed by atoms with Crippen LogP contribution in [-0.4, -0.2) is 49.6 Å². The van der Waals surface area contributed by atoms with Gasteiger partial charge in [0.2, 0.25) is 0 Å². The molecule has 0 aromatic carbocycles. The molecular formula is C11H18N2O3. The highest BCUT2D eigenvalue weighted by Crippen LogP contribution is 2.30. The van der Waals surface area contributed by atoms with Crippen LogP contribution in [0.25, 0.3) is 0 Å². The maximum absolute atomic E-state index is 11.6. The predicted molar refractivity (Wildman–Crippen MR) is 58.1 cm³/mol. The largest absolute Gasteiger partial charge is 0.453 e. The number of carbonyl (C=O) groups excluding carboxylic acids is 2. The van der Waals surface area contributed by atoms with E-state index in [0.717, 1.165) is 32.4 Å². The number of nitrogens with one attached hydrogen (secondary N) is 1. The molecule has 1 amide bonds. The number of hydrogen-bond donors (Lipinski definition) is 1. The summed E-state index contributed by atoms with van der Waals surface area (Å²) >= 11 is 0. The molecule has 5 nitrogen and oxygen atoms in total. The fourth-order valence-corrected chi connectivity index (χ4v) is 2.07. The van der Waals surface area contributed by atoms with E-state index < -0.39 is 0 Å². The third-order valence-electron chi connectivity index (χ3n) is 3.19. The number of ketones is 1. The molecule has 1 N–H and O–H groups in total. The minimum Gasteiger partial charge on any atom is -0.453 e. The summed E-state index contributed by atoms with van der Waals surface area (Å²) in [5.74, 6) is 0.686. The van der Waals surface area contributed by atoms with Crippen molar-refractivity contribution in [3.05, 3.63) is 0 Å². The maximum Gasteiger partial charge on any atom is 0.407 e. The average molecular weight is 226 g/mol. The standard InChI is InChI=1S/C11H18N2O3/c1-16-11(15)12-9-4-5-13(6-9)7-10(14)8-2-3-8/h8-9H,2-7H2,1H3,(H,12,15). The van der Waals surface area contributed by atoms with E-state index in [1.54, 1.807) is 0 Å². The van der Waals surface area contributed by atoms with E-state index in [4.69, 9.17) is 0 Å². The summed E-state index contributed by atoms with van der Waals surface area (Å²) in [6.07, 6.45) is 2.64. The van der Waals surface area contributed by atoms with E-state index in [2.05, 4.69) is 15.0 Å². The molecule has 1 aliphatic carbocycles. The lowest BCUT2D eigenvalue weighted by Gasteiger charge is -2.15. The summed E-state index contributed by atoms with van der Waals surface area (Å²) in [5, 5.41) is 2.76. The van der Waals surface area contributed by atoms with E-state index >= 15 is 0 Å². The molecule has 5 heteroatoms. The van der Waals surface area contributed by atoms with Crippen LogP contribution < -0.4 is 5.32 Å². The number of hydrogen-bond acceptors (Lipinski definition) is 4. The first-order chi connectivity index (χ1) is 7.69. The quantitative estimate of drug-likeness (QED) is 0.753. The Hall–Kier alpha value is -1.10. The molecule has 1 unspecified atom stereocenters. The molecule has 1 saturated carbocycles. The second kappa shape index (κ2) is 4.82. The number of likely N-dealkylation sites (tertiary alicyclic amines) is 1. The lowest BCUT2D eigenvalue weighted by molar-refractivity contribution is -0.121. The van der Waals surface area contributed by atoms with Crippen LogP contribution in [0.5, 0.6) is 0 Å². The van der Waals surface area contributed by atoms with Gasteiger partial charge in [0.1, 0.15) is 5.78 Å².